The molecule has 158 valence electrons. The lowest BCUT2D eigenvalue weighted by molar-refractivity contribution is 0.0972. The molecule has 0 amide bonds. The molecular weight excluding hydrogens is 424 g/mol. The van der Waals surface area contributed by atoms with Gasteiger partial charge in [-0.05, 0) is 62.4 Å². The van der Waals surface area contributed by atoms with Crippen molar-refractivity contribution in [1.82, 2.24) is 8.87 Å². The number of benzene rings is 2. The van der Waals surface area contributed by atoms with E-state index in [9.17, 15) is 13.2 Å². The Balaban J connectivity index is 1.87. The Labute approximate surface area is 181 Å². The Kier molecular flexibility index (Phi) is 6.36. The number of carbonyl (C=O) groups excluding carboxylic acids is 1. The Morgan fingerprint density at radius 2 is 1.77 bits per heavy atom. The Hall–Kier alpha value is -2.61. The Bertz CT molecular complexity index is 1180. The third-order valence-corrected chi connectivity index (χ3v) is 6.97. The molecule has 0 fully saturated rings. The van der Waals surface area contributed by atoms with Crippen LogP contribution < -0.4 is 4.74 Å². The highest BCUT2D eigenvalue weighted by Crippen LogP contribution is 2.24. The van der Waals surface area contributed by atoms with Gasteiger partial charge in [0.1, 0.15) is 5.75 Å². The maximum absolute atomic E-state index is 13.0. The predicted octanol–water partition coefficient (Wildman–Crippen LogP) is 4.26. The topological polar surface area (TPSA) is 68.6 Å². The van der Waals surface area contributed by atoms with Gasteiger partial charge in [0.15, 0.2) is 5.78 Å². The standard InChI is InChI=1S/C22H23ClN2O4S/c1-15-12-21(16(2)25(15)18-8-10-19(29-4)11-9-18)22(26)14-24(3)30(27,28)20-7-5-6-17(23)13-20/h5-13H,14H2,1-4H3. The minimum absolute atomic E-state index is 0.0500. The van der Waals surface area contributed by atoms with E-state index >= 15 is 0 Å². The predicted molar refractivity (Wildman–Crippen MR) is 117 cm³/mol. The van der Waals surface area contributed by atoms with Gasteiger partial charge in [-0.25, -0.2) is 8.42 Å². The molecule has 1 heterocycles. The summed E-state index contributed by atoms with van der Waals surface area (Å²) in [7, 11) is -0.844. The van der Waals surface area contributed by atoms with E-state index in [0.717, 1.165) is 27.1 Å². The highest BCUT2D eigenvalue weighted by atomic mass is 35.5. The van der Waals surface area contributed by atoms with Gasteiger partial charge in [-0.1, -0.05) is 17.7 Å². The van der Waals surface area contributed by atoms with E-state index in [1.165, 1.54) is 19.2 Å². The number of likely N-dealkylation sites (N-methyl/N-ethyl adjacent to an activating group) is 1. The third kappa shape index (κ3) is 4.28. The number of nitrogens with zero attached hydrogens (tertiary/aromatic N) is 2. The van der Waals surface area contributed by atoms with E-state index in [4.69, 9.17) is 16.3 Å². The average molecular weight is 447 g/mol. The van der Waals surface area contributed by atoms with Crippen molar-refractivity contribution < 1.29 is 17.9 Å². The van der Waals surface area contributed by atoms with Gasteiger partial charge in [-0.2, -0.15) is 4.31 Å². The largest absolute Gasteiger partial charge is 0.497 e. The zero-order valence-electron chi connectivity index (χ0n) is 17.2. The highest BCUT2D eigenvalue weighted by molar-refractivity contribution is 7.89. The van der Waals surface area contributed by atoms with Crippen LogP contribution in [0.15, 0.2) is 59.5 Å². The molecule has 0 saturated heterocycles. The lowest BCUT2D eigenvalue weighted by Gasteiger charge is -2.17. The number of halogens is 1. The van der Waals surface area contributed by atoms with Crippen molar-refractivity contribution in [2.24, 2.45) is 0 Å². The monoisotopic (exact) mass is 446 g/mol. The van der Waals surface area contributed by atoms with Crippen LogP contribution >= 0.6 is 11.6 Å². The fourth-order valence-corrected chi connectivity index (χ4v) is 4.78. The first-order chi connectivity index (χ1) is 14.1. The van der Waals surface area contributed by atoms with Gasteiger partial charge >= 0.3 is 0 Å². The molecule has 2 aromatic carbocycles. The molecule has 0 atom stereocenters. The van der Waals surface area contributed by atoms with E-state index in [1.807, 2.05) is 42.7 Å². The van der Waals surface area contributed by atoms with E-state index in [-0.39, 0.29) is 17.2 Å². The van der Waals surface area contributed by atoms with Crippen LogP contribution in [0.25, 0.3) is 5.69 Å². The second-order valence-electron chi connectivity index (χ2n) is 6.96. The van der Waals surface area contributed by atoms with Crippen LogP contribution in [0.4, 0.5) is 0 Å². The summed E-state index contributed by atoms with van der Waals surface area (Å²) in [5, 5.41) is 0.318. The van der Waals surface area contributed by atoms with Crippen molar-refractivity contribution in [3.63, 3.8) is 0 Å². The normalized spacial score (nSPS) is 11.7. The van der Waals surface area contributed by atoms with Crippen molar-refractivity contribution in [1.29, 1.82) is 0 Å². The molecule has 0 saturated carbocycles. The first-order valence-electron chi connectivity index (χ1n) is 9.23. The maximum Gasteiger partial charge on any atom is 0.243 e. The van der Waals surface area contributed by atoms with Gasteiger partial charge in [0.2, 0.25) is 10.0 Å². The van der Waals surface area contributed by atoms with Crippen LogP contribution in [-0.2, 0) is 10.0 Å². The van der Waals surface area contributed by atoms with Gasteiger partial charge < -0.3 is 9.30 Å². The van der Waals surface area contributed by atoms with Crippen molar-refractivity contribution in [3.05, 3.63) is 76.6 Å². The lowest BCUT2D eigenvalue weighted by Crippen LogP contribution is -2.32. The van der Waals surface area contributed by atoms with Crippen LogP contribution in [0, 0.1) is 13.8 Å². The number of sulfonamides is 1. The van der Waals surface area contributed by atoms with Crippen molar-refractivity contribution >= 4 is 27.4 Å². The molecular formula is C22H23ClN2O4S. The number of Topliss-reactive ketones (excluding diaryl/α,β-unsaturated/α-hetero) is 1. The van der Waals surface area contributed by atoms with Crippen LogP contribution in [0.1, 0.15) is 21.7 Å². The molecule has 0 bridgehead atoms. The fraction of sp³-hybridized carbons (Fsp3) is 0.227. The van der Waals surface area contributed by atoms with Crippen LogP contribution in [-0.4, -0.2) is 43.8 Å². The summed E-state index contributed by atoms with van der Waals surface area (Å²) in [4.78, 5) is 13.0. The minimum Gasteiger partial charge on any atom is -0.497 e. The summed E-state index contributed by atoms with van der Waals surface area (Å²) >= 11 is 5.91. The lowest BCUT2D eigenvalue weighted by atomic mass is 10.1. The van der Waals surface area contributed by atoms with Crippen LogP contribution in [0.3, 0.4) is 0 Å². The number of hydrogen-bond donors (Lipinski definition) is 0. The molecule has 0 spiro atoms. The third-order valence-electron chi connectivity index (χ3n) is 4.93. The molecule has 3 rings (SSSR count). The SMILES string of the molecule is COc1ccc(-n2c(C)cc(C(=O)CN(C)S(=O)(=O)c3cccc(Cl)c3)c2C)cc1. The van der Waals surface area contributed by atoms with Gasteiger partial charge in [-0.3, -0.25) is 4.79 Å². The summed E-state index contributed by atoms with van der Waals surface area (Å²) in [6.07, 6.45) is 0. The molecule has 0 radical (unpaired) electrons. The molecule has 0 unspecified atom stereocenters. The summed E-state index contributed by atoms with van der Waals surface area (Å²) in [6, 6.07) is 15.3. The molecule has 30 heavy (non-hydrogen) atoms. The zero-order chi connectivity index (χ0) is 22.1. The second-order valence-corrected chi connectivity index (χ2v) is 9.44. The Morgan fingerprint density at radius 1 is 1.10 bits per heavy atom. The van der Waals surface area contributed by atoms with Gasteiger partial charge in [-0.15, -0.1) is 0 Å². The first kappa shape index (κ1) is 22.1. The van der Waals surface area contributed by atoms with E-state index in [0.29, 0.717) is 10.6 Å². The molecule has 8 heteroatoms. The number of ketones is 1. The van der Waals surface area contributed by atoms with Crippen molar-refractivity contribution in [2.45, 2.75) is 18.7 Å². The molecule has 3 aromatic rings. The smallest absolute Gasteiger partial charge is 0.243 e. The quantitative estimate of drug-likeness (QED) is 0.508. The number of aromatic nitrogens is 1. The number of aryl methyl sites for hydroxylation is 1. The van der Waals surface area contributed by atoms with Gasteiger partial charge in [0, 0.05) is 34.7 Å². The van der Waals surface area contributed by atoms with Gasteiger partial charge in [0.25, 0.3) is 0 Å². The summed E-state index contributed by atoms with van der Waals surface area (Å²) in [5.41, 5.74) is 3.00. The summed E-state index contributed by atoms with van der Waals surface area (Å²) in [6.45, 7) is 3.47. The summed E-state index contributed by atoms with van der Waals surface area (Å²) in [5.74, 6) is 0.460. The maximum atomic E-state index is 13.0. The van der Waals surface area contributed by atoms with E-state index < -0.39 is 10.0 Å². The van der Waals surface area contributed by atoms with Crippen molar-refractivity contribution in [3.8, 4) is 11.4 Å². The average Bonchev–Trinajstić information content (AvgIpc) is 3.02. The zero-order valence-corrected chi connectivity index (χ0v) is 18.8. The number of rotatable bonds is 7. The molecule has 1 aromatic heterocycles. The number of methoxy groups -OCH3 is 1. The van der Waals surface area contributed by atoms with Crippen molar-refractivity contribution in [2.75, 3.05) is 20.7 Å². The molecule has 0 N–H and O–H groups in total. The van der Waals surface area contributed by atoms with Crippen LogP contribution in [0.5, 0.6) is 5.75 Å². The minimum atomic E-state index is -3.83. The fourth-order valence-electron chi connectivity index (χ4n) is 3.35. The number of ether oxygens (including phenoxy) is 1. The molecule has 6 nitrogen and oxygen atoms in total. The van der Waals surface area contributed by atoms with E-state index in [2.05, 4.69) is 0 Å². The molecule has 0 aliphatic carbocycles. The summed E-state index contributed by atoms with van der Waals surface area (Å²) < 4.78 is 33.8. The Morgan fingerprint density at radius 3 is 2.37 bits per heavy atom. The second kappa shape index (κ2) is 8.63. The van der Waals surface area contributed by atoms with Crippen LogP contribution in [0.2, 0.25) is 5.02 Å². The number of carbonyl (C=O) groups is 1. The van der Waals surface area contributed by atoms with Gasteiger partial charge in [0.05, 0.1) is 18.6 Å². The van der Waals surface area contributed by atoms with E-state index in [1.54, 1.807) is 25.3 Å². The number of hydrogen-bond acceptors (Lipinski definition) is 4. The molecule has 0 aliphatic rings. The highest BCUT2D eigenvalue weighted by Gasteiger charge is 2.25. The molecule has 0 aliphatic heterocycles. The first-order valence-corrected chi connectivity index (χ1v) is 11.1.